The molecule has 3 rings (SSSR count). The Kier molecular flexibility index (Phi) is 4.86. The van der Waals surface area contributed by atoms with Crippen molar-refractivity contribution in [3.8, 4) is 6.07 Å². The van der Waals surface area contributed by atoms with E-state index in [1.54, 1.807) is 18.3 Å². The van der Waals surface area contributed by atoms with E-state index in [0.717, 1.165) is 6.54 Å². The Balaban J connectivity index is 1.76. The predicted molar refractivity (Wildman–Crippen MR) is 89.0 cm³/mol. The Bertz CT molecular complexity index is 683. The van der Waals surface area contributed by atoms with Crippen LogP contribution >= 0.6 is 0 Å². The summed E-state index contributed by atoms with van der Waals surface area (Å²) in [6.07, 6.45) is 1.69. The average molecular weight is 308 g/mol. The smallest absolute Gasteiger partial charge is 0.143 e. The quantitative estimate of drug-likeness (QED) is 0.940. The number of pyridine rings is 1. The number of nitrogens with one attached hydrogen (secondary N) is 1. The molecule has 1 aromatic carbocycles. The van der Waals surface area contributed by atoms with Gasteiger partial charge in [0.25, 0.3) is 0 Å². The number of nitrogens with zero attached hydrogens (tertiary/aromatic N) is 3. The highest BCUT2D eigenvalue weighted by atomic mass is 16.5. The Morgan fingerprint density at radius 3 is 2.91 bits per heavy atom. The summed E-state index contributed by atoms with van der Waals surface area (Å²) in [5, 5.41) is 12.4. The number of nitriles is 1. The second kappa shape index (κ2) is 7.23. The summed E-state index contributed by atoms with van der Waals surface area (Å²) in [6.45, 7) is 2.22. The van der Waals surface area contributed by atoms with Crippen LogP contribution in [0.15, 0.2) is 48.7 Å². The Morgan fingerprint density at radius 2 is 2.13 bits per heavy atom. The minimum absolute atomic E-state index is 0.00435. The molecule has 2 aromatic rings. The molecule has 1 aliphatic heterocycles. The standard InChI is InChI=1S/C18H20N4O/c1-22-10-11-23-16(17(22)14-6-3-2-4-7-14)13-21-18-15(12-19)8-5-9-20-18/h2-9,16-17H,10-11,13H2,1H3,(H,20,21)/t16-,17-/m0/s1. The van der Waals surface area contributed by atoms with E-state index in [-0.39, 0.29) is 12.1 Å². The number of likely N-dealkylation sites (N-methyl/N-ethyl adjacent to an activating group) is 1. The Hall–Kier alpha value is -2.42. The molecular formula is C18H20N4O. The van der Waals surface area contributed by atoms with Gasteiger partial charge in [0.05, 0.1) is 24.3 Å². The van der Waals surface area contributed by atoms with E-state index >= 15 is 0 Å². The summed E-state index contributed by atoms with van der Waals surface area (Å²) < 4.78 is 6.00. The molecule has 0 amide bonds. The summed E-state index contributed by atoms with van der Waals surface area (Å²) in [7, 11) is 2.12. The van der Waals surface area contributed by atoms with Crippen LogP contribution in [-0.2, 0) is 4.74 Å². The van der Waals surface area contributed by atoms with Crippen LogP contribution in [-0.4, -0.2) is 42.7 Å². The lowest BCUT2D eigenvalue weighted by molar-refractivity contribution is -0.0557. The van der Waals surface area contributed by atoms with Gasteiger partial charge < -0.3 is 10.1 Å². The van der Waals surface area contributed by atoms with Crippen LogP contribution in [0.1, 0.15) is 17.2 Å². The fourth-order valence-electron chi connectivity index (χ4n) is 2.99. The van der Waals surface area contributed by atoms with Crippen molar-refractivity contribution in [2.24, 2.45) is 0 Å². The lowest BCUT2D eigenvalue weighted by Crippen LogP contribution is -2.46. The van der Waals surface area contributed by atoms with Crippen LogP contribution in [0.25, 0.3) is 0 Å². The maximum atomic E-state index is 9.16. The highest BCUT2D eigenvalue weighted by Gasteiger charge is 2.31. The normalized spacial score (nSPS) is 21.6. The molecule has 1 fully saturated rings. The highest BCUT2D eigenvalue weighted by molar-refractivity contribution is 5.51. The second-order valence-corrected chi connectivity index (χ2v) is 5.64. The maximum absolute atomic E-state index is 9.16. The van der Waals surface area contributed by atoms with Crippen molar-refractivity contribution in [1.82, 2.24) is 9.88 Å². The minimum atomic E-state index is 0.00435. The van der Waals surface area contributed by atoms with Gasteiger partial charge in [0, 0.05) is 19.3 Å². The molecule has 5 heteroatoms. The molecule has 2 heterocycles. The third kappa shape index (κ3) is 3.50. The molecule has 0 radical (unpaired) electrons. The first-order valence-corrected chi connectivity index (χ1v) is 7.75. The van der Waals surface area contributed by atoms with Crippen molar-refractivity contribution < 1.29 is 4.74 Å². The number of anilines is 1. The topological polar surface area (TPSA) is 61.2 Å². The average Bonchev–Trinajstić information content (AvgIpc) is 2.61. The van der Waals surface area contributed by atoms with Crippen molar-refractivity contribution >= 4 is 5.82 Å². The van der Waals surface area contributed by atoms with E-state index in [9.17, 15) is 0 Å². The number of ether oxygens (including phenoxy) is 1. The maximum Gasteiger partial charge on any atom is 0.143 e. The molecule has 1 aromatic heterocycles. The van der Waals surface area contributed by atoms with Crippen molar-refractivity contribution in [3.63, 3.8) is 0 Å². The van der Waals surface area contributed by atoms with Crippen molar-refractivity contribution in [2.45, 2.75) is 12.1 Å². The van der Waals surface area contributed by atoms with Crippen LogP contribution in [0.2, 0.25) is 0 Å². The van der Waals surface area contributed by atoms with Crippen molar-refractivity contribution in [1.29, 1.82) is 5.26 Å². The zero-order valence-electron chi connectivity index (χ0n) is 13.1. The molecule has 0 saturated carbocycles. The molecule has 1 N–H and O–H groups in total. The summed E-state index contributed by atoms with van der Waals surface area (Å²) in [6, 6.07) is 16.3. The lowest BCUT2D eigenvalue weighted by atomic mass is 9.98. The van der Waals surface area contributed by atoms with Gasteiger partial charge in [-0.1, -0.05) is 30.3 Å². The molecule has 23 heavy (non-hydrogen) atoms. The highest BCUT2D eigenvalue weighted by Crippen LogP contribution is 2.28. The molecule has 1 saturated heterocycles. The van der Waals surface area contributed by atoms with Gasteiger partial charge in [-0.05, 0) is 24.7 Å². The van der Waals surface area contributed by atoms with E-state index in [2.05, 4.69) is 52.6 Å². The zero-order valence-corrected chi connectivity index (χ0v) is 13.1. The summed E-state index contributed by atoms with van der Waals surface area (Å²) in [5.74, 6) is 0.610. The van der Waals surface area contributed by atoms with Crippen LogP contribution in [0.5, 0.6) is 0 Å². The molecule has 0 unspecified atom stereocenters. The molecule has 0 bridgehead atoms. The summed E-state index contributed by atoms with van der Waals surface area (Å²) >= 11 is 0. The summed E-state index contributed by atoms with van der Waals surface area (Å²) in [4.78, 5) is 6.56. The number of benzene rings is 1. The predicted octanol–water partition coefficient (Wildman–Crippen LogP) is 2.44. The van der Waals surface area contributed by atoms with Gasteiger partial charge in [-0.2, -0.15) is 5.26 Å². The van der Waals surface area contributed by atoms with Gasteiger partial charge in [0.15, 0.2) is 0 Å². The lowest BCUT2D eigenvalue weighted by Gasteiger charge is -2.39. The van der Waals surface area contributed by atoms with Crippen LogP contribution in [0.3, 0.4) is 0 Å². The number of hydrogen-bond acceptors (Lipinski definition) is 5. The first-order chi connectivity index (χ1) is 11.3. The van der Waals surface area contributed by atoms with E-state index in [4.69, 9.17) is 10.00 Å². The number of rotatable bonds is 4. The fraction of sp³-hybridized carbons (Fsp3) is 0.333. The van der Waals surface area contributed by atoms with Gasteiger partial charge in [-0.25, -0.2) is 4.98 Å². The van der Waals surface area contributed by atoms with Gasteiger partial charge in [-0.15, -0.1) is 0 Å². The number of morpholine rings is 1. The molecular weight excluding hydrogens is 288 g/mol. The van der Waals surface area contributed by atoms with E-state index in [1.807, 2.05) is 6.07 Å². The largest absolute Gasteiger partial charge is 0.373 e. The number of aromatic nitrogens is 1. The Morgan fingerprint density at radius 1 is 1.30 bits per heavy atom. The van der Waals surface area contributed by atoms with Crippen LogP contribution in [0, 0.1) is 11.3 Å². The van der Waals surface area contributed by atoms with Crippen LogP contribution < -0.4 is 5.32 Å². The Labute approximate surface area is 136 Å². The van der Waals surface area contributed by atoms with Gasteiger partial charge in [0.2, 0.25) is 0 Å². The van der Waals surface area contributed by atoms with Gasteiger partial charge in [0.1, 0.15) is 11.9 Å². The molecule has 2 atom stereocenters. The monoisotopic (exact) mass is 308 g/mol. The van der Waals surface area contributed by atoms with E-state index < -0.39 is 0 Å². The van der Waals surface area contributed by atoms with E-state index in [0.29, 0.717) is 24.5 Å². The van der Waals surface area contributed by atoms with Gasteiger partial charge in [-0.3, -0.25) is 4.90 Å². The third-order valence-electron chi connectivity index (χ3n) is 4.14. The van der Waals surface area contributed by atoms with Crippen molar-refractivity contribution in [2.75, 3.05) is 32.1 Å². The first kappa shape index (κ1) is 15.5. The molecule has 5 nitrogen and oxygen atoms in total. The fourth-order valence-corrected chi connectivity index (χ4v) is 2.99. The zero-order chi connectivity index (χ0) is 16.1. The number of hydrogen-bond donors (Lipinski definition) is 1. The van der Waals surface area contributed by atoms with Gasteiger partial charge >= 0.3 is 0 Å². The van der Waals surface area contributed by atoms with Crippen molar-refractivity contribution in [3.05, 3.63) is 59.8 Å². The van der Waals surface area contributed by atoms with E-state index in [1.165, 1.54) is 5.56 Å². The molecule has 1 aliphatic rings. The first-order valence-electron chi connectivity index (χ1n) is 7.75. The molecule has 0 aliphatic carbocycles. The van der Waals surface area contributed by atoms with Crippen LogP contribution in [0.4, 0.5) is 5.82 Å². The molecule has 0 spiro atoms. The third-order valence-corrected chi connectivity index (χ3v) is 4.14. The molecule has 118 valence electrons. The second-order valence-electron chi connectivity index (χ2n) is 5.64. The SMILES string of the molecule is CN1CCO[C@@H](CNc2ncccc2C#N)[C@@H]1c1ccccc1. The minimum Gasteiger partial charge on any atom is -0.373 e. The summed E-state index contributed by atoms with van der Waals surface area (Å²) in [5.41, 5.74) is 1.79.